The van der Waals surface area contributed by atoms with Crippen LogP contribution in [0.5, 0.6) is 5.75 Å². The number of rotatable bonds is 3. The highest BCUT2D eigenvalue weighted by Gasteiger charge is 2.06. The summed E-state index contributed by atoms with van der Waals surface area (Å²) in [6, 6.07) is 1.73. The van der Waals surface area contributed by atoms with E-state index in [0.717, 1.165) is 0 Å². The van der Waals surface area contributed by atoms with Gasteiger partial charge in [0.25, 0.3) is 0 Å². The van der Waals surface area contributed by atoms with Crippen molar-refractivity contribution in [2.45, 2.75) is 13.5 Å². The van der Waals surface area contributed by atoms with E-state index in [2.05, 4.69) is 31.8 Å². The molecular formula is C12H11N3O3. The average Bonchev–Trinajstić information content (AvgIpc) is 2.80. The van der Waals surface area contributed by atoms with Crippen LogP contribution in [0.25, 0.3) is 0 Å². The molecule has 0 atom stereocenters. The first-order valence-corrected chi connectivity index (χ1v) is 5.25. The molecule has 6 nitrogen and oxygen atoms in total. The Balaban J connectivity index is 2.03. The molecule has 2 rings (SSSR count). The van der Waals surface area contributed by atoms with Gasteiger partial charge in [-0.1, -0.05) is 22.2 Å². The van der Waals surface area contributed by atoms with Gasteiger partial charge in [-0.15, -0.1) is 0 Å². The fraction of sp³-hybridized carbons (Fsp3) is 0.250. The summed E-state index contributed by atoms with van der Waals surface area (Å²) in [6.07, 6.45) is 3.17. The summed E-state index contributed by atoms with van der Waals surface area (Å²) in [5.41, 5.74) is 2.01. The molecule has 18 heavy (non-hydrogen) atoms. The van der Waals surface area contributed by atoms with Crippen LogP contribution in [0.4, 0.5) is 0 Å². The van der Waals surface area contributed by atoms with E-state index in [-0.39, 0.29) is 13.2 Å². The van der Waals surface area contributed by atoms with Crippen LogP contribution in [-0.4, -0.2) is 27.0 Å². The third-order valence-electron chi connectivity index (χ3n) is 2.15. The first-order valence-electron chi connectivity index (χ1n) is 5.25. The van der Waals surface area contributed by atoms with Gasteiger partial charge in [-0.05, 0) is 13.0 Å². The minimum atomic E-state index is -0.186. The van der Waals surface area contributed by atoms with E-state index < -0.39 is 0 Å². The van der Waals surface area contributed by atoms with Crippen molar-refractivity contribution < 1.29 is 14.5 Å². The predicted molar refractivity (Wildman–Crippen MR) is 61.6 cm³/mol. The number of aliphatic hydroxyl groups excluding tert-OH is 1. The lowest BCUT2D eigenvalue weighted by Crippen LogP contribution is -1.98. The highest BCUT2D eigenvalue weighted by Crippen LogP contribution is 2.13. The second kappa shape index (κ2) is 5.80. The van der Waals surface area contributed by atoms with Crippen LogP contribution in [0.3, 0.4) is 0 Å². The van der Waals surface area contributed by atoms with Gasteiger partial charge in [-0.2, -0.15) is 0 Å². The highest BCUT2D eigenvalue weighted by atomic mass is 16.6. The van der Waals surface area contributed by atoms with Crippen molar-refractivity contribution in [2.75, 3.05) is 6.61 Å². The van der Waals surface area contributed by atoms with Gasteiger partial charge in [0.2, 0.25) is 0 Å². The van der Waals surface area contributed by atoms with Crippen LogP contribution < -0.4 is 4.74 Å². The van der Waals surface area contributed by atoms with Crippen molar-refractivity contribution in [3.63, 3.8) is 0 Å². The number of pyridine rings is 1. The zero-order chi connectivity index (χ0) is 12.8. The number of ether oxygens (including phenoxy) is 1. The molecule has 92 valence electrons. The molecule has 2 aromatic heterocycles. The number of nitrogens with zero attached hydrogens (tertiary/aromatic N) is 3. The molecule has 0 spiro atoms. The summed E-state index contributed by atoms with van der Waals surface area (Å²) in [5, 5.41) is 16.0. The summed E-state index contributed by atoms with van der Waals surface area (Å²) in [6.45, 7) is 1.86. The Morgan fingerprint density at radius 1 is 1.39 bits per heavy atom. The first-order chi connectivity index (χ1) is 8.79. The van der Waals surface area contributed by atoms with Crippen molar-refractivity contribution in [1.29, 1.82) is 0 Å². The molecule has 0 aliphatic rings. The summed E-state index contributed by atoms with van der Waals surface area (Å²) < 4.78 is 10.1. The topological polar surface area (TPSA) is 81.3 Å². The minimum Gasteiger partial charge on any atom is -0.485 e. The lowest BCUT2D eigenvalue weighted by atomic mass is 10.3. The predicted octanol–water partition coefficient (Wildman–Crippen LogP) is 0.696. The van der Waals surface area contributed by atoms with E-state index >= 15 is 0 Å². The Hall–Kier alpha value is -2.39. The van der Waals surface area contributed by atoms with Crippen molar-refractivity contribution >= 4 is 0 Å². The van der Waals surface area contributed by atoms with Crippen LogP contribution in [0.1, 0.15) is 17.0 Å². The minimum absolute atomic E-state index is 0.186. The zero-order valence-corrected chi connectivity index (χ0v) is 9.75. The van der Waals surface area contributed by atoms with Crippen molar-refractivity contribution in [3.8, 4) is 17.6 Å². The van der Waals surface area contributed by atoms with Crippen molar-refractivity contribution in [1.82, 2.24) is 15.3 Å². The maximum atomic E-state index is 8.60. The zero-order valence-electron chi connectivity index (χ0n) is 9.75. The Bertz CT molecular complexity index is 583. The molecule has 0 aromatic carbocycles. The fourth-order valence-electron chi connectivity index (χ4n) is 1.24. The normalized spacial score (nSPS) is 9.67. The van der Waals surface area contributed by atoms with Crippen molar-refractivity contribution in [2.24, 2.45) is 0 Å². The molecule has 0 unspecified atom stereocenters. The van der Waals surface area contributed by atoms with E-state index in [9.17, 15) is 0 Å². The summed E-state index contributed by atoms with van der Waals surface area (Å²) in [7, 11) is 0. The van der Waals surface area contributed by atoms with Gasteiger partial charge >= 0.3 is 0 Å². The molecule has 0 fully saturated rings. The van der Waals surface area contributed by atoms with Gasteiger partial charge in [0.05, 0.1) is 6.20 Å². The third kappa shape index (κ3) is 3.06. The number of hydrogen-bond donors (Lipinski definition) is 1. The maximum Gasteiger partial charge on any atom is 0.145 e. The van der Waals surface area contributed by atoms with Crippen LogP contribution in [0, 0.1) is 18.8 Å². The second-order valence-corrected chi connectivity index (χ2v) is 3.45. The Morgan fingerprint density at radius 3 is 3.00 bits per heavy atom. The van der Waals surface area contributed by atoms with Gasteiger partial charge in [0.1, 0.15) is 30.4 Å². The smallest absolute Gasteiger partial charge is 0.145 e. The van der Waals surface area contributed by atoms with Gasteiger partial charge in [-0.25, -0.2) is 4.63 Å². The quantitative estimate of drug-likeness (QED) is 0.801. The molecular weight excluding hydrogens is 234 g/mol. The van der Waals surface area contributed by atoms with E-state index in [1.165, 1.54) is 0 Å². The number of aliphatic hydroxyl groups is 1. The van der Waals surface area contributed by atoms with Gasteiger partial charge < -0.3 is 9.84 Å². The van der Waals surface area contributed by atoms with E-state index in [4.69, 9.17) is 9.84 Å². The Labute approximate surface area is 104 Å². The van der Waals surface area contributed by atoms with Gasteiger partial charge in [0, 0.05) is 11.8 Å². The highest BCUT2D eigenvalue weighted by molar-refractivity contribution is 5.36. The van der Waals surface area contributed by atoms with Crippen LogP contribution in [0.15, 0.2) is 23.1 Å². The number of aryl methyl sites for hydroxylation is 1. The van der Waals surface area contributed by atoms with Crippen LogP contribution in [-0.2, 0) is 6.61 Å². The lowest BCUT2D eigenvalue weighted by Gasteiger charge is -2.03. The second-order valence-electron chi connectivity index (χ2n) is 3.45. The number of hydrogen-bond acceptors (Lipinski definition) is 6. The number of aromatic nitrogens is 3. The van der Waals surface area contributed by atoms with Crippen LogP contribution >= 0.6 is 0 Å². The van der Waals surface area contributed by atoms with Gasteiger partial charge in [0.15, 0.2) is 0 Å². The first kappa shape index (κ1) is 12.1. The third-order valence-corrected chi connectivity index (χ3v) is 2.15. The Kier molecular flexibility index (Phi) is 3.89. The largest absolute Gasteiger partial charge is 0.485 e. The Morgan fingerprint density at radius 2 is 2.28 bits per heavy atom. The average molecular weight is 245 g/mol. The van der Waals surface area contributed by atoms with Crippen molar-refractivity contribution in [3.05, 3.63) is 35.4 Å². The van der Waals surface area contributed by atoms with E-state index in [1.807, 2.05) is 0 Å². The molecule has 2 aromatic rings. The molecule has 0 aliphatic carbocycles. The van der Waals surface area contributed by atoms with Gasteiger partial charge in [-0.3, -0.25) is 4.98 Å². The molecule has 0 aliphatic heterocycles. The molecule has 2 heterocycles. The monoisotopic (exact) mass is 245 g/mol. The summed E-state index contributed by atoms with van der Waals surface area (Å²) >= 11 is 0. The van der Waals surface area contributed by atoms with E-state index in [1.54, 1.807) is 25.4 Å². The summed E-state index contributed by atoms with van der Waals surface area (Å²) in [4.78, 5) is 3.99. The molecule has 6 heteroatoms. The SMILES string of the molecule is Cc1nonc1COc1cncc(C#CCO)c1. The summed E-state index contributed by atoms with van der Waals surface area (Å²) in [5.74, 6) is 5.86. The molecule has 0 saturated heterocycles. The molecule has 0 radical (unpaired) electrons. The van der Waals surface area contributed by atoms with Crippen LogP contribution in [0.2, 0.25) is 0 Å². The maximum absolute atomic E-state index is 8.60. The lowest BCUT2D eigenvalue weighted by molar-refractivity contribution is 0.269. The fourth-order valence-corrected chi connectivity index (χ4v) is 1.24. The molecule has 1 N–H and O–H groups in total. The standard InChI is InChI=1S/C12H11N3O3/c1-9-12(15-18-14-9)8-17-11-5-10(3-2-4-16)6-13-7-11/h5-7,16H,4,8H2,1H3. The molecule has 0 bridgehead atoms. The molecule has 0 saturated carbocycles. The molecule has 0 amide bonds. The van der Waals surface area contributed by atoms with E-state index in [0.29, 0.717) is 22.7 Å².